The lowest BCUT2D eigenvalue weighted by molar-refractivity contribution is 0.674. The van der Waals surface area contributed by atoms with E-state index in [4.69, 9.17) is 9.98 Å². The summed E-state index contributed by atoms with van der Waals surface area (Å²) in [7, 11) is 0. The van der Waals surface area contributed by atoms with Crippen molar-refractivity contribution in [1.29, 1.82) is 5.26 Å². The van der Waals surface area contributed by atoms with E-state index < -0.39 is 5.41 Å². The molecule has 1 atom stereocenters. The summed E-state index contributed by atoms with van der Waals surface area (Å²) in [6.07, 6.45) is -0.289. The number of hydrogen-bond donors (Lipinski definition) is 1. The van der Waals surface area contributed by atoms with Crippen molar-refractivity contribution in [3.8, 4) is 28.3 Å². The predicted octanol–water partition coefficient (Wildman–Crippen LogP) is 10.1. The number of aliphatic imine (C=N–C) groups is 2. The highest BCUT2D eigenvalue weighted by molar-refractivity contribution is 6.13. The molecule has 7 aromatic rings. The maximum atomic E-state index is 9.44. The largest absolute Gasteiger partial charge is 0.344 e. The van der Waals surface area contributed by atoms with Crippen molar-refractivity contribution in [2.75, 3.05) is 0 Å². The van der Waals surface area contributed by atoms with E-state index in [0.717, 1.165) is 33.7 Å². The van der Waals surface area contributed by atoms with Crippen LogP contribution in [0.1, 0.15) is 50.7 Å². The molecule has 1 unspecified atom stereocenters. The molecule has 51 heavy (non-hydrogen) atoms. The number of rotatable bonds is 6. The van der Waals surface area contributed by atoms with Crippen LogP contribution in [0.2, 0.25) is 0 Å². The quantitative estimate of drug-likeness (QED) is 0.194. The van der Waals surface area contributed by atoms with Crippen LogP contribution in [0.3, 0.4) is 0 Å². The molecule has 1 N–H and O–H groups in total. The molecule has 0 amide bonds. The van der Waals surface area contributed by atoms with Gasteiger partial charge in [0.15, 0.2) is 5.84 Å². The Kier molecular flexibility index (Phi) is 7.45. The van der Waals surface area contributed by atoms with Crippen LogP contribution in [0, 0.1) is 11.3 Å². The van der Waals surface area contributed by atoms with Gasteiger partial charge < -0.3 is 5.32 Å². The predicted molar refractivity (Wildman–Crippen MR) is 206 cm³/mol. The normalized spacial score (nSPS) is 15.4. The molecule has 1 aliphatic heterocycles. The lowest BCUT2D eigenvalue weighted by Gasteiger charge is -2.34. The van der Waals surface area contributed by atoms with Gasteiger partial charge >= 0.3 is 0 Å². The number of amidine groups is 2. The molecule has 0 spiro atoms. The van der Waals surface area contributed by atoms with Gasteiger partial charge in [-0.25, -0.2) is 9.98 Å². The summed E-state index contributed by atoms with van der Waals surface area (Å²) in [4.78, 5) is 10.2. The number of nitrogens with zero attached hydrogens (tertiary/aromatic N) is 3. The van der Waals surface area contributed by atoms with Gasteiger partial charge in [-0.15, -0.1) is 0 Å². The SMILES string of the molecule is N#Cc1ccc(-c2ccc3c(c2)C(c2ccccc2)(c2ccccc2)c2cc(C4=NC(c5ccccc5)=NC(c5ccccc5)N4)ccc2-3)cc1. The number of fused-ring (bicyclic) bond motifs is 3. The van der Waals surface area contributed by atoms with Crippen molar-refractivity contribution < 1.29 is 0 Å². The van der Waals surface area contributed by atoms with Gasteiger partial charge in [-0.1, -0.05) is 158 Å². The number of nitrogens with one attached hydrogen (secondary N) is 1. The zero-order valence-corrected chi connectivity index (χ0v) is 27.7. The standard InChI is InChI=1S/C47H32N4/c48-31-32-21-23-33(24-22-32)36-25-27-40-41-28-26-37(46-50-44(34-13-5-1-6-14-34)49-45(51-46)35-15-7-2-8-16-35)30-43(41)47(42(40)29-36,38-17-9-3-10-18-38)39-19-11-4-12-20-39/h1-30,44H,(H,49,50,51). The van der Waals surface area contributed by atoms with Crippen LogP contribution in [0.4, 0.5) is 0 Å². The van der Waals surface area contributed by atoms with E-state index in [1.165, 1.54) is 33.4 Å². The molecule has 1 aliphatic carbocycles. The van der Waals surface area contributed by atoms with Gasteiger partial charge in [0.2, 0.25) is 0 Å². The molecule has 0 fully saturated rings. The summed E-state index contributed by atoms with van der Waals surface area (Å²) in [6.45, 7) is 0. The van der Waals surface area contributed by atoms with Crippen molar-refractivity contribution >= 4 is 11.7 Å². The van der Waals surface area contributed by atoms with Gasteiger partial charge in [-0.3, -0.25) is 0 Å². The van der Waals surface area contributed by atoms with Gasteiger partial charge in [-0.2, -0.15) is 5.26 Å². The summed E-state index contributed by atoms with van der Waals surface area (Å²) in [6, 6.07) is 65.9. The van der Waals surface area contributed by atoms with E-state index in [1.807, 2.05) is 60.7 Å². The van der Waals surface area contributed by atoms with E-state index in [0.29, 0.717) is 11.4 Å². The van der Waals surface area contributed by atoms with E-state index in [1.54, 1.807) is 0 Å². The molecule has 0 aromatic heterocycles. The minimum atomic E-state index is -0.601. The fourth-order valence-electron chi connectivity index (χ4n) is 7.67. The molecule has 1 heterocycles. The van der Waals surface area contributed by atoms with Crippen molar-refractivity contribution in [3.05, 3.63) is 226 Å². The maximum Gasteiger partial charge on any atom is 0.159 e. The van der Waals surface area contributed by atoms with Crippen LogP contribution in [0.15, 0.2) is 192 Å². The van der Waals surface area contributed by atoms with Crippen molar-refractivity contribution in [2.45, 2.75) is 11.6 Å². The smallest absolute Gasteiger partial charge is 0.159 e. The fourth-order valence-corrected chi connectivity index (χ4v) is 7.67. The van der Waals surface area contributed by atoms with Gasteiger partial charge in [-0.05, 0) is 74.3 Å². The van der Waals surface area contributed by atoms with Gasteiger partial charge in [0, 0.05) is 11.1 Å². The molecule has 2 aliphatic rings. The Morgan fingerprint density at radius 3 is 1.61 bits per heavy atom. The molecule has 7 aromatic carbocycles. The number of nitriles is 1. The highest BCUT2D eigenvalue weighted by Crippen LogP contribution is 2.57. The highest BCUT2D eigenvalue weighted by Gasteiger charge is 2.46. The molecule has 4 heteroatoms. The molecular formula is C47H32N4. The highest BCUT2D eigenvalue weighted by atomic mass is 15.2. The third kappa shape index (κ3) is 5.15. The molecule has 9 rings (SSSR count). The molecule has 0 radical (unpaired) electrons. The summed E-state index contributed by atoms with van der Waals surface area (Å²) < 4.78 is 0. The van der Waals surface area contributed by atoms with Gasteiger partial charge in [0.05, 0.1) is 17.0 Å². The third-order valence-electron chi connectivity index (χ3n) is 10.1. The first-order valence-corrected chi connectivity index (χ1v) is 17.2. The second kappa shape index (κ2) is 12.6. The lowest BCUT2D eigenvalue weighted by Crippen LogP contribution is -2.34. The molecule has 0 saturated carbocycles. The Morgan fingerprint density at radius 2 is 1.02 bits per heavy atom. The van der Waals surface area contributed by atoms with Crippen LogP contribution in [-0.4, -0.2) is 11.7 Å². The van der Waals surface area contributed by atoms with Crippen molar-refractivity contribution in [2.24, 2.45) is 9.98 Å². The van der Waals surface area contributed by atoms with Gasteiger partial charge in [0.1, 0.15) is 12.0 Å². The van der Waals surface area contributed by atoms with Crippen molar-refractivity contribution in [3.63, 3.8) is 0 Å². The fraction of sp³-hybridized carbons (Fsp3) is 0.0426. The topological polar surface area (TPSA) is 60.5 Å². The average Bonchev–Trinajstić information content (AvgIpc) is 3.51. The monoisotopic (exact) mass is 652 g/mol. The molecule has 4 nitrogen and oxygen atoms in total. The van der Waals surface area contributed by atoms with E-state index in [-0.39, 0.29) is 6.17 Å². The minimum absolute atomic E-state index is 0.289. The first-order chi connectivity index (χ1) is 25.2. The second-order valence-corrected chi connectivity index (χ2v) is 12.9. The van der Waals surface area contributed by atoms with E-state index >= 15 is 0 Å². The van der Waals surface area contributed by atoms with Crippen LogP contribution < -0.4 is 5.32 Å². The molecular weight excluding hydrogens is 621 g/mol. The summed E-state index contributed by atoms with van der Waals surface area (Å²) in [5, 5.41) is 13.1. The Balaban J connectivity index is 1.27. The first-order valence-electron chi connectivity index (χ1n) is 17.2. The Hall–Kier alpha value is -6.83. The Labute approximate surface area is 297 Å². The Bertz CT molecular complexity index is 2440. The summed E-state index contributed by atoms with van der Waals surface area (Å²) in [5.74, 6) is 1.48. The summed E-state index contributed by atoms with van der Waals surface area (Å²) >= 11 is 0. The number of hydrogen-bond acceptors (Lipinski definition) is 4. The van der Waals surface area contributed by atoms with Crippen LogP contribution >= 0.6 is 0 Å². The minimum Gasteiger partial charge on any atom is -0.344 e. The van der Waals surface area contributed by atoms with E-state index in [2.05, 4.69) is 133 Å². The molecule has 0 bridgehead atoms. The van der Waals surface area contributed by atoms with Crippen LogP contribution in [0.5, 0.6) is 0 Å². The van der Waals surface area contributed by atoms with Crippen LogP contribution in [0.25, 0.3) is 22.3 Å². The average molecular weight is 653 g/mol. The summed E-state index contributed by atoms with van der Waals surface area (Å²) in [5.41, 5.74) is 12.5. The van der Waals surface area contributed by atoms with E-state index in [9.17, 15) is 5.26 Å². The zero-order valence-electron chi connectivity index (χ0n) is 27.7. The number of benzene rings is 7. The maximum absolute atomic E-state index is 9.44. The zero-order chi connectivity index (χ0) is 34.2. The molecule has 0 saturated heterocycles. The molecule has 240 valence electrons. The Morgan fingerprint density at radius 1 is 0.510 bits per heavy atom. The van der Waals surface area contributed by atoms with Gasteiger partial charge in [0.25, 0.3) is 0 Å². The lowest BCUT2D eigenvalue weighted by atomic mass is 9.67. The van der Waals surface area contributed by atoms with Crippen LogP contribution in [-0.2, 0) is 5.41 Å². The second-order valence-electron chi connectivity index (χ2n) is 12.9. The van der Waals surface area contributed by atoms with Crippen molar-refractivity contribution in [1.82, 2.24) is 5.32 Å². The third-order valence-corrected chi connectivity index (χ3v) is 10.1. The first kappa shape index (κ1) is 30.2.